The summed E-state index contributed by atoms with van der Waals surface area (Å²) >= 11 is 2.86. The SMILES string of the molecule is O=C(O)c1cc(-c2ccc(F)c(F)c2Br)on1. The summed E-state index contributed by atoms with van der Waals surface area (Å²) in [7, 11) is 0. The zero-order valence-corrected chi connectivity index (χ0v) is 9.66. The Hall–Kier alpha value is -1.76. The fraction of sp³-hybridized carbons (Fsp3) is 0. The molecule has 0 saturated carbocycles. The molecule has 2 rings (SSSR count). The Balaban J connectivity index is 2.53. The molecule has 0 amide bonds. The number of carbonyl (C=O) groups is 1. The average molecular weight is 304 g/mol. The van der Waals surface area contributed by atoms with Gasteiger partial charge in [-0.25, -0.2) is 13.6 Å². The van der Waals surface area contributed by atoms with E-state index in [1.807, 2.05) is 0 Å². The van der Waals surface area contributed by atoms with Crippen molar-refractivity contribution in [1.82, 2.24) is 5.16 Å². The van der Waals surface area contributed by atoms with Gasteiger partial charge < -0.3 is 9.63 Å². The first-order chi connectivity index (χ1) is 8.00. The summed E-state index contributed by atoms with van der Waals surface area (Å²) in [5.74, 6) is -3.32. The van der Waals surface area contributed by atoms with E-state index in [1.54, 1.807) is 0 Å². The third-order valence-corrected chi connectivity index (χ3v) is 2.81. The zero-order valence-electron chi connectivity index (χ0n) is 8.08. The van der Waals surface area contributed by atoms with Crippen LogP contribution in [0.1, 0.15) is 10.5 Å². The molecule has 1 aromatic heterocycles. The molecule has 0 spiro atoms. The number of rotatable bonds is 2. The lowest BCUT2D eigenvalue weighted by atomic mass is 10.1. The Morgan fingerprint density at radius 2 is 2.12 bits per heavy atom. The number of hydrogen-bond acceptors (Lipinski definition) is 3. The van der Waals surface area contributed by atoms with Gasteiger partial charge in [0, 0.05) is 11.6 Å². The lowest BCUT2D eigenvalue weighted by molar-refractivity contribution is 0.0686. The first kappa shape index (κ1) is 11.7. The van der Waals surface area contributed by atoms with Gasteiger partial charge in [0.1, 0.15) is 0 Å². The van der Waals surface area contributed by atoms with Crippen LogP contribution in [0.25, 0.3) is 11.3 Å². The van der Waals surface area contributed by atoms with Crippen molar-refractivity contribution >= 4 is 21.9 Å². The molecule has 1 heterocycles. The number of carboxylic acids is 1. The van der Waals surface area contributed by atoms with Crippen molar-refractivity contribution in [3.8, 4) is 11.3 Å². The highest BCUT2D eigenvalue weighted by atomic mass is 79.9. The Morgan fingerprint density at radius 1 is 1.41 bits per heavy atom. The minimum atomic E-state index is -1.27. The van der Waals surface area contributed by atoms with Crippen molar-refractivity contribution in [2.75, 3.05) is 0 Å². The highest BCUT2D eigenvalue weighted by Gasteiger charge is 2.18. The predicted molar refractivity (Wildman–Crippen MR) is 56.5 cm³/mol. The summed E-state index contributed by atoms with van der Waals surface area (Å²) in [6.07, 6.45) is 0. The van der Waals surface area contributed by atoms with Gasteiger partial charge in [-0.2, -0.15) is 0 Å². The second kappa shape index (κ2) is 4.25. The molecule has 0 aliphatic rings. The van der Waals surface area contributed by atoms with E-state index in [1.165, 1.54) is 6.07 Å². The van der Waals surface area contributed by atoms with Gasteiger partial charge in [0.25, 0.3) is 0 Å². The van der Waals surface area contributed by atoms with Crippen LogP contribution in [0.5, 0.6) is 0 Å². The van der Waals surface area contributed by atoms with Gasteiger partial charge in [-0.15, -0.1) is 0 Å². The zero-order chi connectivity index (χ0) is 12.6. The number of aromatic nitrogens is 1. The average Bonchev–Trinajstić information content (AvgIpc) is 2.75. The predicted octanol–water partition coefficient (Wildman–Crippen LogP) is 3.08. The van der Waals surface area contributed by atoms with Crippen LogP contribution in [0.15, 0.2) is 27.2 Å². The molecular weight excluding hydrogens is 300 g/mol. The fourth-order valence-corrected chi connectivity index (χ4v) is 1.74. The topological polar surface area (TPSA) is 63.3 Å². The van der Waals surface area contributed by atoms with Gasteiger partial charge in [-0.3, -0.25) is 0 Å². The molecule has 4 nitrogen and oxygen atoms in total. The van der Waals surface area contributed by atoms with Crippen molar-refractivity contribution in [2.24, 2.45) is 0 Å². The molecule has 0 saturated heterocycles. The summed E-state index contributed by atoms with van der Waals surface area (Å²) in [5, 5.41) is 11.9. The maximum Gasteiger partial charge on any atom is 0.358 e. The summed E-state index contributed by atoms with van der Waals surface area (Å²) in [6, 6.07) is 3.30. The summed E-state index contributed by atoms with van der Waals surface area (Å²) in [4.78, 5) is 10.6. The largest absolute Gasteiger partial charge is 0.476 e. The Morgan fingerprint density at radius 3 is 2.71 bits per heavy atom. The molecule has 1 N–H and O–H groups in total. The number of nitrogens with zero attached hydrogens (tertiary/aromatic N) is 1. The highest BCUT2D eigenvalue weighted by molar-refractivity contribution is 9.10. The number of carboxylic acid groups (broad SMARTS) is 1. The van der Waals surface area contributed by atoms with Crippen LogP contribution in [0.2, 0.25) is 0 Å². The molecule has 7 heteroatoms. The van der Waals surface area contributed by atoms with Gasteiger partial charge in [0.2, 0.25) is 0 Å². The second-order valence-corrected chi connectivity index (χ2v) is 3.90. The van der Waals surface area contributed by atoms with E-state index < -0.39 is 17.6 Å². The van der Waals surface area contributed by atoms with E-state index in [-0.39, 0.29) is 21.5 Å². The second-order valence-electron chi connectivity index (χ2n) is 3.10. The summed E-state index contributed by atoms with van der Waals surface area (Å²) in [5.41, 5.74) is -0.125. The Bertz CT molecular complexity index is 597. The van der Waals surface area contributed by atoms with E-state index in [0.29, 0.717) is 0 Å². The van der Waals surface area contributed by atoms with Crippen LogP contribution in [-0.4, -0.2) is 16.2 Å². The van der Waals surface area contributed by atoms with Crippen molar-refractivity contribution in [3.05, 3.63) is 40.0 Å². The lowest BCUT2D eigenvalue weighted by Gasteiger charge is -2.01. The monoisotopic (exact) mass is 303 g/mol. The minimum Gasteiger partial charge on any atom is -0.476 e. The molecule has 0 aliphatic heterocycles. The third-order valence-electron chi connectivity index (χ3n) is 2.03. The molecule has 17 heavy (non-hydrogen) atoms. The molecule has 88 valence electrons. The molecule has 2 aromatic rings. The van der Waals surface area contributed by atoms with Crippen molar-refractivity contribution in [3.63, 3.8) is 0 Å². The first-order valence-electron chi connectivity index (χ1n) is 4.34. The minimum absolute atomic E-state index is 0.0353. The van der Waals surface area contributed by atoms with Crippen LogP contribution >= 0.6 is 15.9 Å². The van der Waals surface area contributed by atoms with Gasteiger partial charge >= 0.3 is 5.97 Å². The smallest absolute Gasteiger partial charge is 0.358 e. The van der Waals surface area contributed by atoms with E-state index in [2.05, 4.69) is 21.1 Å². The normalized spacial score (nSPS) is 10.5. The molecular formula is C10H4BrF2NO3. The van der Waals surface area contributed by atoms with Crippen LogP contribution in [0, 0.1) is 11.6 Å². The Kier molecular flexibility index (Phi) is 2.93. The highest BCUT2D eigenvalue weighted by Crippen LogP contribution is 2.31. The van der Waals surface area contributed by atoms with Crippen LogP contribution in [-0.2, 0) is 0 Å². The first-order valence-corrected chi connectivity index (χ1v) is 5.14. The van der Waals surface area contributed by atoms with E-state index >= 15 is 0 Å². The standard InChI is InChI=1S/C10H4BrF2NO3/c11-8-4(1-2-5(12)9(8)13)7-3-6(10(15)16)14-17-7/h1-3H,(H,15,16). The molecule has 0 atom stereocenters. The quantitative estimate of drug-likeness (QED) is 0.866. The summed E-state index contributed by atoms with van der Waals surface area (Å²) in [6.45, 7) is 0. The molecule has 0 bridgehead atoms. The lowest BCUT2D eigenvalue weighted by Crippen LogP contribution is -1.94. The molecule has 0 fully saturated rings. The van der Waals surface area contributed by atoms with Gasteiger partial charge in [-0.1, -0.05) is 5.16 Å². The number of hydrogen-bond donors (Lipinski definition) is 1. The Labute approximate surface area is 102 Å². The summed E-state index contributed by atoms with van der Waals surface area (Å²) < 4.78 is 30.7. The van der Waals surface area contributed by atoms with Crippen molar-refractivity contribution < 1.29 is 23.2 Å². The van der Waals surface area contributed by atoms with Gasteiger partial charge in [-0.05, 0) is 28.1 Å². The number of aromatic carboxylic acids is 1. The van der Waals surface area contributed by atoms with Gasteiger partial charge in [0.15, 0.2) is 23.1 Å². The van der Waals surface area contributed by atoms with Crippen molar-refractivity contribution in [2.45, 2.75) is 0 Å². The molecule has 0 radical (unpaired) electrons. The number of benzene rings is 1. The van der Waals surface area contributed by atoms with E-state index in [4.69, 9.17) is 9.63 Å². The third kappa shape index (κ3) is 2.05. The molecule has 1 aromatic carbocycles. The van der Waals surface area contributed by atoms with E-state index in [9.17, 15) is 13.6 Å². The van der Waals surface area contributed by atoms with Crippen LogP contribution in [0.4, 0.5) is 8.78 Å². The van der Waals surface area contributed by atoms with Gasteiger partial charge in [0.05, 0.1) is 4.47 Å². The molecule has 0 aliphatic carbocycles. The van der Waals surface area contributed by atoms with Crippen molar-refractivity contribution in [1.29, 1.82) is 0 Å². The maximum absolute atomic E-state index is 13.2. The maximum atomic E-state index is 13.2. The van der Waals surface area contributed by atoms with Crippen LogP contribution in [0.3, 0.4) is 0 Å². The molecule has 0 unspecified atom stereocenters. The van der Waals surface area contributed by atoms with E-state index in [0.717, 1.165) is 12.1 Å². The fourth-order valence-electron chi connectivity index (χ4n) is 1.22. The number of halogens is 3. The van der Waals surface area contributed by atoms with Crippen LogP contribution < -0.4 is 0 Å².